The van der Waals surface area contributed by atoms with Gasteiger partial charge in [0.2, 0.25) is 0 Å². The monoisotopic (exact) mass is 376 g/mol. The number of alkyl halides is 2. The van der Waals surface area contributed by atoms with Crippen molar-refractivity contribution < 1.29 is 18.3 Å². The highest BCUT2D eigenvalue weighted by molar-refractivity contribution is 9.13. The van der Waals surface area contributed by atoms with Crippen LogP contribution in [0.3, 0.4) is 0 Å². The third-order valence-electron chi connectivity index (χ3n) is 1.66. The molecular formula is C9H8Br2F2O2S. The predicted octanol–water partition coefficient (Wildman–Crippen LogP) is 4.13. The number of halogens is 4. The predicted molar refractivity (Wildman–Crippen MR) is 65.5 cm³/mol. The number of thiophene rings is 1. The topological polar surface area (TPSA) is 26.3 Å². The number of carbonyl (C=O) groups is 1. The number of hydrogen-bond donors (Lipinski definition) is 0. The van der Waals surface area contributed by atoms with E-state index >= 15 is 0 Å². The summed E-state index contributed by atoms with van der Waals surface area (Å²) in [5.41, 5.74) is 0. The summed E-state index contributed by atoms with van der Waals surface area (Å²) in [5, 5.41) is 1.79. The molecule has 0 fully saturated rings. The van der Waals surface area contributed by atoms with Gasteiger partial charge in [0.25, 0.3) is 6.43 Å². The van der Waals surface area contributed by atoms with E-state index in [1.165, 1.54) is 11.3 Å². The van der Waals surface area contributed by atoms with Crippen molar-refractivity contribution in [3.8, 4) is 0 Å². The lowest BCUT2D eigenvalue weighted by Crippen LogP contribution is -2.09. The van der Waals surface area contributed by atoms with Gasteiger partial charge in [0.05, 0.1) is 16.0 Å². The minimum Gasteiger partial charge on any atom is -0.375 e. The lowest BCUT2D eigenvalue weighted by molar-refractivity contribution is 0.0170. The van der Waals surface area contributed by atoms with Crippen molar-refractivity contribution in [3.63, 3.8) is 0 Å². The molecule has 0 amide bonds. The lowest BCUT2D eigenvalue weighted by Gasteiger charge is -2.02. The molecule has 0 aromatic carbocycles. The van der Waals surface area contributed by atoms with Gasteiger partial charge in [-0.05, 0) is 31.9 Å². The van der Waals surface area contributed by atoms with E-state index in [1.54, 1.807) is 5.38 Å². The molecule has 7 heteroatoms. The van der Waals surface area contributed by atoms with E-state index in [0.717, 1.165) is 4.47 Å². The standard InChI is InChI=1S/C9H8Br2F2O2S/c10-5-4-16-9(8(5)11)6(14)1-2-15-3-7(12)13/h4,7H,1-3H2. The second-order valence-corrected chi connectivity index (χ2v) is 5.39. The molecule has 0 N–H and O–H groups in total. The van der Waals surface area contributed by atoms with E-state index in [4.69, 9.17) is 0 Å². The minimum absolute atomic E-state index is 0.0190. The Morgan fingerprint density at radius 3 is 2.69 bits per heavy atom. The molecule has 2 nitrogen and oxygen atoms in total. The molecule has 90 valence electrons. The smallest absolute Gasteiger partial charge is 0.261 e. The molecule has 0 saturated heterocycles. The van der Waals surface area contributed by atoms with Crippen molar-refractivity contribution in [3.05, 3.63) is 19.2 Å². The Morgan fingerprint density at radius 1 is 1.50 bits per heavy atom. The van der Waals surface area contributed by atoms with E-state index in [0.29, 0.717) is 9.35 Å². The first-order valence-corrected chi connectivity index (χ1v) is 6.80. The molecule has 0 aliphatic heterocycles. The summed E-state index contributed by atoms with van der Waals surface area (Å²) in [4.78, 5) is 12.2. The van der Waals surface area contributed by atoms with Crippen LogP contribution in [-0.4, -0.2) is 25.4 Å². The van der Waals surface area contributed by atoms with Crippen molar-refractivity contribution in [2.45, 2.75) is 12.8 Å². The van der Waals surface area contributed by atoms with Gasteiger partial charge in [-0.3, -0.25) is 4.79 Å². The molecule has 0 radical (unpaired) electrons. The first-order valence-electron chi connectivity index (χ1n) is 4.34. The number of ether oxygens (including phenoxy) is 1. The van der Waals surface area contributed by atoms with Crippen LogP contribution in [-0.2, 0) is 4.74 Å². The summed E-state index contributed by atoms with van der Waals surface area (Å²) in [6.45, 7) is -0.603. The summed E-state index contributed by atoms with van der Waals surface area (Å²) in [5.74, 6) is -0.114. The van der Waals surface area contributed by atoms with Crippen molar-refractivity contribution >= 4 is 49.0 Å². The Morgan fingerprint density at radius 2 is 2.19 bits per heavy atom. The van der Waals surface area contributed by atoms with Gasteiger partial charge in [-0.1, -0.05) is 0 Å². The molecule has 0 saturated carbocycles. The summed E-state index contributed by atoms with van der Waals surface area (Å²) < 4.78 is 29.6. The highest BCUT2D eigenvalue weighted by Crippen LogP contribution is 2.33. The first kappa shape index (κ1) is 14.2. The normalized spacial score (nSPS) is 11.1. The number of rotatable bonds is 6. The SMILES string of the molecule is O=C(CCOCC(F)F)c1scc(Br)c1Br. The van der Waals surface area contributed by atoms with Crippen molar-refractivity contribution in [1.82, 2.24) is 0 Å². The fourth-order valence-electron chi connectivity index (χ4n) is 0.962. The van der Waals surface area contributed by atoms with E-state index in [1.807, 2.05) is 0 Å². The van der Waals surface area contributed by atoms with Crippen LogP contribution in [0.2, 0.25) is 0 Å². The molecule has 0 aliphatic carbocycles. The summed E-state index contributed by atoms with van der Waals surface area (Å²) >= 11 is 7.83. The highest BCUT2D eigenvalue weighted by atomic mass is 79.9. The third-order valence-corrected chi connectivity index (χ3v) is 5.23. The maximum atomic E-state index is 11.7. The number of Topliss-reactive ketones (excluding diaryl/α,β-unsaturated/α-hetero) is 1. The van der Waals surface area contributed by atoms with Crippen molar-refractivity contribution in [2.75, 3.05) is 13.2 Å². The molecule has 0 spiro atoms. The summed E-state index contributed by atoms with van der Waals surface area (Å²) in [7, 11) is 0. The largest absolute Gasteiger partial charge is 0.375 e. The molecule has 1 heterocycles. The molecule has 1 rings (SSSR count). The van der Waals surface area contributed by atoms with Crippen LogP contribution < -0.4 is 0 Å². The fourth-order valence-corrected chi connectivity index (χ4v) is 3.12. The van der Waals surface area contributed by atoms with Gasteiger partial charge in [-0.15, -0.1) is 11.3 Å². The average Bonchev–Trinajstić information content (AvgIpc) is 2.54. The van der Waals surface area contributed by atoms with Crippen LogP contribution in [0.5, 0.6) is 0 Å². The minimum atomic E-state index is -2.49. The average molecular weight is 378 g/mol. The van der Waals surface area contributed by atoms with Crippen LogP contribution in [0, 0.1) is 0 Å². The van der Waals surface area contributed by atoms with E-state index in [9.17, 15) is 13.6 Å². The maximum Gasteiger partial charge on any atom is 0.261 e. The van der Waals surface area contributed by atoms with Gasteiger partial charge >= 0.3 is 0 Å². The summed E-state index contributed by atoms with van der Waals surface area (Å²) in [6, 6.07) is 0. The Balaban J connectivity index is 2.39. The Labute approximate surface area is 112 Å². The van der Waals surface area contributed by atoms with Gasteiger partial charge in [0, 0.05) is 16.3 Å². The Bertz CT molecular complexity index is 368. The van der Waals surface area contributed by atoms with Crippen LogP contribution in [0.1, 0.15) is 16.1 Å². The van der Waals surface area contributed by atoms with Gasteiger partial charge in [0.1, 0.15) is 6.61 Å². The van der Waals surface area contributed by atoms with Crippen LogP contribution in [0.15, 0.2) is 14.3 Å². The zero-order valence-electron chi connectivity index (χ0n) is 8.01. The Hall–Kier alpha value is 0.150. The van der Waals surface area contributed by atoms with Gasteiger partial charge in [-0.2, -0.15) is 0 Å². The lowest BCUT2D eigenvalue weighted by atomic mass is 10.2. The van der Waals surface area contributed by atoms with E-state index < -0.39 is 13.0 Å². The molecule has 0 atom stereocenters. The molecule has 1 aromatic rings. The molecule has 0 aliphatic rings. The highest BCUT2D eigenvalue weighted by Gasteiger charge is 2.14. The van der Waals surface area contributed by atoms with Crippen molar-refractivity contribution in [2.24, 2.45) is 0 Å². The molecule has 16 heavy (non-hydrogen) atoms. The second-order valence-electron chi connectivity index (χ2n) is 2.87. The van der Waals surface area contributed by atoms with E-state index in [2.05, 4.69) is 36.6 Å². The van der Waals surface area contributed by atoms with Crippen LogP contribution in [0.25, 0.3) is 0 Å². The molecule has 1 aromatic heterocycles. The number of hydrogen-bond acceptors (Lipinski definition) is 3. The van der Waals surface area contributed by atoms with Crippen LogP contribution in [0.4, 0.5) is 8.78 Å². The third kappa shape index (κ3) is 4.20. The summed E-state index contributed by atoms with van der Waals surface area (Å²) in [6.07, 6.45) is -2.38. The van der Waals surface area contributed by atoms with Gasteiger partial charge < -0.3 is 4.74 Å². The van der Waals surface area contributed by atoms with Crippen LogP contribution >= 0.6 is 43.2 Å². The molecule has 0 bridgehead atoms. The number of ketones is 1. The van der Waals surface area contributed by atoms with Gasteiger partial charge in [-0.25, -0.2) is 8.78 Å². The van der Waals surface area contributed by atoms with Crippen molar-refractivity contribution in [1.29, 1.82) is 0 Å². The second kappa shape index (κ2) is 6.78. The van der Waals surface area contributed by atoms with E-state index in [-0.39, 0.29) is 18.8 Å². The molecular weight excluding hydrogens is 370 g/mol. The fraction of sp³-hybridized carbons (Fsp3) is 0.444. The van der Waals surface area contributed by atoms with Gasteiger partial charge in [0.15, 0.2) is 5.78 Å². The molecule has 0 unspecified atom stereocenters. The Kier molecular flexibility index (Phi) is 6.02. The number of carbonyl (C=O) groups excluding carboxylic acids is 1. The zero-order valence-corrected chi connectivity index (χ0v) is 12.0. The quantitative estimate of drug-likeness (QED) is 0.550. The maximum absolute atomic E-state index is 11.7. The zero-order chi connectivity index (χ0) is 12.1. The first-order chi connectivity index (χ1) is 7.52.